The molecule has 2 fully saturated rings. The molecule has 2 unspecified atom stereocenters. The van der Waals surface area contributed by atoms with Crippen LogP contribution < -0.4 is 0 Å². The number of carboxylic acids is 1. The van der Waals surface area contributed by atoms with E-state index in [4.69, 9.17) is 4.74 Å². The first-order valence-corrected chi connectivity index (χ1v) is 7.14. The maximum atomic E-state index is 12.2. The largest absolute Gasteiger partial charge is 0.481 e. The predicted octanol–water partition coefficient (Wildman–Crippen LogP) is 1.66. The van der Waals surface area contributed by atoms with Gasteiger partial charge in [-0.25, -0.2) is 0 Å². The third kappa shape index (κ3) is 3.47. The van der Waals surface area contributed by atoms with Crippen LogP contribution in [0, 0.1) is 5.41 Å². The fraction of sp³-hybridized carbons (Fsp3) is 0.857. The molecule has 0 aromatic rings. The van der Waals surface area contributed by atoms with E-state index in [1.807, 2.05) is 0 Å². The van der Waals surface area contributed by atoms with Crippen molar-refractivity contribution in [1.82, 2.24) is 4.90 Å². The van der Waals surface area contributed by atoms with E-state index in [9.17, 15) is 14.7 Å². The molecule has 0 radical (unpaired) electrons. The molecular formula is C14H23NO4. The van der Waals surface area contributed by atoms with Crippen molar-refractivity contribution >= 4 is 11.9 Å². The number of ether oxygens (including phenoxy) is 1. The highest BCUT2D eigenvalue weighted by Crippen LogP contribution is 2.30. The van der Waals surface area contributed by atoms with Crippen molar-refractivity contribution in [1.29, 1.82) is 0 Å². The normalized spacial score (nSPS) is 32.1. The maximum absolute atomic E-state index is 12.2. The second-order valence-electron chi connectivity index (χ2n) is 5.98. The fourth-order valence-electron chi connectivity index (χ4n) is 2.92. The van der Waals surface area contributed by atoms with E-state index in [1.54, 1.807) is 11.8 Å². The molecule has 5 nitrogen and oxygen atoms in total. The molecule has 2 aliphatic heterocycles. The van der Waals surface area contributed by atoms with Crippen LogP contribution in [0.3, 0.4) is 0 Å². The third-order valence-electron chi connectivity index (χ3n) is 4.24. The van der Waals surface area contributed by atoms with Gasteiger partial charge in [0.2, 0.25) is 5.91 Å². The zero-order chi connectivity index (χ0) is 13.9. The zero-order valence-corrected chi connectivity index (χ0v) is 11.6. The van der Waals surface area contributed by atoms with E-state index in [1.165, 1.54) is 0 Å². The second-order valence-corrected chi connectivity index (χ2v) is 5.98. The maximum Gasteiger partial charge on any atom is 0.311 e. The second kappa shape index (κ2) is 5.90. The highest BCUT2D eigenvalue weighted by Gasteiger charge is 2.39. The molecule has 108 valence electrons. The third-order valence-corrected chi connectivity index (χ3v) is 4.24. The molecule has 2 rings (SSSR count). The molecule has 0 aromatic carbocycles. The minimum absolute atomic E-state index is 0.0271. The number of piperidine rings is 1. The molecule has 2 saturated heterocycles. The minimum atomic E-state index is -0.807. The van der Waals surface area contributed by atoms with E-state index in [0.717, 1.165) is 32.3 Å². The van der Waals surface area contributed by atoms with Gasteiger partial charge in [-0.2, -0.15) is 0 Å². The Hall–Kier alpha value is -1.10. The molecule has 19 heavy (non-hydrogen) atoms. The molecule has 5 heteroatoms. The fourth-order valence-corrected chi connectivity index (χ4v) is 2.92. The topological polar surface area (TPSA) is 66.8 Å². The van der Waals surface area contributed by atoms with Gasteiger partial charge < -0.3 is 14.7 Å². The van der Waals surface area contributed by atoms with E-state index < -0.39 is 11.4 Å². The number of carboxylic acid groups (broad SMARTS) is 1. The number of carbonyl (C=O) groups is 2. The summed E-state index contributed by atoms with van der Waals surface area (Å²) in [6.07, 6.45) is 4.97. The molecule has 0 spiro atoms. The van der Waals surface area contributed by atoms with E-state index in [2.05, 4.69) is 0 Å². The molecule has 0 bridgehead atoms. The molecule has 0 aromatic heterocycles. The number of nitrogens with zero attached hydrogens (tertiary/aromatic N) is 1. The Morgan fingerprint density at radius 1 is 1.37 bits per heavy atom. The number of likely N-dealkylation sites (tertiary alicyclic amines) is 1. The number of rotatable bonds is 3. The van der Waals surface area contributed by atoms with Gasteiger partial charge in [0.1, 0.15) is 0 Å². The Morgan fingerprint density at radius 3 is 2.79 bits per heavy atom. The number of hydrogen-bond donors (Lipinski definition) is 1. The monoisotopic (exact) mass is 269 g/mol. The van der Waals surface area contributed by atoms with Crippen molar-refractivity contribution in [2.45, 2.75) is 51.6 Å². The number of aliphatic carboxylic acids is 1. The summed E-state index contributed by atoms with van der Waals surface area (Å²) in [5.74, 6) is -0.766. The molecule has 1 N–H and O–H groups in total. The van der Waals surface area contributed by atoms with Crippen LogP contribution in [0.15, 0.2) is 0 Å². The summed E-state index contributed by atoms with van der Waals surface area (Å²) in [6.45, 7) is 3.47. The molecule has 0 saturated carbocycles. The highest BCUT2D eigenvalue weighted by molar-refractivity contribution is 5.79. The van der Waals surface area contributed by atoms with Crippen LogP contribution in [0.1, 0.15) is 45.4 Å². The Labute approximate surface area is 113 Å². The lowest BCUT2D eigenvalue weighted by atomic mass is 9.82. The van der Waals surface area contributed by atoms with Gasteiger partial charge in [0.25, 0.3) is 0 Å². The van der Waals surface area contributed by atoms with Gasteiger partial charge in [0, 0.05) is 19.7 Å². The van der Waals surface area contributed by atoms with Crippen molar-refractivity contribution in [3.8, 4) is 0 Å². The van der Waals surface area contributed by atoms with Crippen LogP contribution in [-0.2, 0) is 14.3 Å². The lowest BCUT2D eigenvalue weighted by Gasteiger charge is -2.38. The SMILES string of the molecule is CC1(C(=O)O)CCCN(C(=O)CC2CCCCO2)C1. The number of carbonyl (C=O) groups excluding carboxylic acids is 1. The van der Waals surface area contributed by atoms with Crippen LogP contribution in [0.2, 0.25) is 0 Å². The van der Waals surface area contributed by atoms with E-state index >= 15 is 0 Å². The Bertz CT molecular complexity index is 351. The first-order chi connectivity index (χ1) is 9.01. The first-order valence-electron chi connectivity index (χ1n) is 7.14. The van der Waals surface area contributed by atoms with Crippen LogP contribution >= 0.6 is 0 Å². The average Bonchev–Trinajstić information content (AvgIpc) is 2.40. The van der Waals surface area contributed by atoms with Gasteiger partial charge in [-0.05, 0) is 39.0 Å². The zero-order valence-electron chi connectivity index (χ0n) is 11.6. The van der Waals surface area contributed by atoms with Crippen molar-refractivity contribution < 1.29 is 19.4 Å². The summed E-state index contributed by atoms with van der Waals surface area (Å²) in [4.78, 5) is 25.2. The van der Waals surface area contributed by atoms with Crippen LogP contribution in [0.25, 0.3) is 0 Å². The van der Waals surface area contributed by atoms with Gasteiger partial charge in [-0.3, -0.25) is 9.59 Å². The average molecular weight is 269 g/mol. The van der Waals surface area contributed by atoms with Crippen molar-refractivity contribution in [2.75, 3.05) is 19.7 Å². The smallest absolute Gasteiger partial charge is 0.311 e. The van der Waals surface area contributed by atoms with Crippen molar-refractivity contribution in [3.63, 3.8) is 0 Å². The van der Waals surface area contributed by atoms with Gasteiger partial charge >= 0.3 is 5.97 Å². The summed E-state index contributed by atoms with van der Waals surface area (Å²) >= 11 is 0. The molecule has 1 amide bonds. The van der Waals surface area contributed by atoms with Crippen LogP contribution in [0.5, 0.6) is 0 Å². The van der Waals surface area contributed by atoms with Gasteiger partial charge in [-0.15, -0.1) is 0 Å². The Balaban J connectivity index is 1.89. The Morgan fingerprint density at radius 2 is 2.16 bits per heavy atom. The summed E-state index contributed by atoms with van der Waals surface area (Å²) in [5.41, 5.74) is -0.790. The highest BCUT2D eigenvalue weighted by atomic mass is 16.5. The minimum Gasteiger partial charge on any atom is -0.481 e. The molecule has 2 atom stereocenters. The van der Waals surface area contributed by atoms with Gasteiger partial charge in [0.15, 0.2) is 0 Å². The molecule has 2 heterocycles. The molecule has 0 aliphatic carbocycles. The van der Waals surface area contributed by atoms with Crippen LogP contribution in [-0.4, -0.2) is 47.7 Å². The summed E-state index contributed by atoms with van der Waals surface area (Å²) in [7, 11) is 0. The number of amides is 1. The van der Waals surface area contributed by atoms with E-state index in [0.29, 0.717) is 25.9 Å². The van der Waals surface area contributed by atoms with Gasteiger partial charge in [0.05, 0.1) is 17.9 Å². The standard InChI is InChI=1S/C14H23NO4/c1-14(13(17)18)6-4-7-15(10-14)12(16)9-11-5-2-3-8-19-11/h11H,2-10H2,1H3,(H,17,18). The summed E-state index contributed by atoms with van der Waals surface area (Å²) in [5, 5.41) is 9.26. The summed E-state index contributed by atoms with van der Waals surface area (Å²) in [6, 6.07) is 0. The summed E-state index contributed by atoms with van der Waals surface area (Å²) < 4.78 is 5.58. The van der Waals surface area contributed by atoms with Crippen molar-refractivity contribution in [3.05, 3.63) is 0 Å². The Kier molecular flexibility index (Phi) is 4.45. The lowest BCUT2D eigenvalue weighted by Crippen LogP contribution is -2.49. The molecule has 2 aliphatic rings. The molecular weight excluding hydrogens is 246 g/mol. The lowest BCUT2D eigenvalue weighted by molar-refractivity contribution is -0.154. The van der Waals surface area contributed by atoms with Crippen LogP contribution in [0.4, 0.5) is 0 Å². The van der Waals surface area contributed by atoms with Gasteiger partial charge in [-0.1, -0.05) is 0 Å². The van der Waals surface area contributed by atoms with Crippen molar-refractivity contribution in [2.24, 2.45) is 5.41 Å². The first kappa shape index (κ1) is 14.3. The quantitative estimate of drug-likeness (QED) is 0.846. The van der Waals surface area contributed by atoms with E-state index in [-0.39, 0.29) is 12.0 Å². The number of hydrogen-bond acceptors (Lipinski definition) is 3. The predicted molar refractivity (Wildman–Crippen MR) is 69.8 cm³/mol.